The summed E-state index contributed by atoms with van der Waals surface area (Å²) in [5, 5.41) is 0. The summed E-state index contributed by atoms with van der Waals surface area (Å²) in [4.78, 5) is 0. The summed E-state index contributed by atoms with van der Waals surface area (Å²) in [7, 11) is 0. The first-order valence-electron chi connectivity index (χ1n) is 5.88. The van der Waals surface area contributed by atoms with Gasteiger partial charge in [0.1, 0.15) is 5.82 Å². The van der Waals surface area contributed by atoms with Crippen molar-refractivity contribution in [2.24, 2.45) is 0 Å². The van der Waals surface area contributed by atoms with Crippen LogP contribution >= 0.6 is 0 Å². The molecule has 100 valence electrons. The SMILES string of the molecule is CCc1cc(-c2ccccc2F)cc(C(F)(F)F)c1. The topological polar surface area (TPSA) is 0 Å². The number of halogens is 4. The lowest BCUT2D eigenvalue weighted by Gasteiger charge is -2.12. The average Bonchev–Trinajstić information content (AvgIpc) is 2.37. The van der Waals surface area contributed by atoms with Gasteiger partial charge >= 0.3 is 6.18 Å². The Labute approximate surface area is 108 Å². The van der Waals surface area contributed by atoms with Gasteiger partial charge in [-0.05, 0) is 35.7 Å². The molecule has 0 aliphatic rings. The van der Waals surface area contributed by atoms with Gasteiger partial charge in [0.2, 0.25) is 0 Å². The van der Waals surface area contributed by atoms with Crippen LogP contribution < -0.4 is 0 Å². The van der Waals surface area contributed by atoms with E-state index in [4.69, 9.17) is 0 Å². The molecular formula is C15H12F4. The number of hydrogen-bond acceptors (Lipinski definition) is 0. The lowest BCUT2D eigenvalue weighted by atomic mass is 9.98. The van der Waals surface area contributed by atoms with Crippen molar-refractivity contribution < 1.29 is 17.6 Å². The van der Waals surface area contributed by atoms with Gasteiger partial charge in [0, 0.05) is 5.56 Å². The maximum Gasteiger partial charge on any atom is 0.416 e. The summed E-state index contributed by atoms with van der Waals surface area (Å²) >= 11 is 0. The minimum atomic E-state index is -4.43. The number of hydrogen-bond donors (Lipinski definition) is 0. The van der Waals surface area contributed by atoms with Gasteiger partial charge < -0.3 is 0 Å². The molecule has 2 aromatic rings. The third-order valence-electron chi connectivity index (χ3n) is 2.91. The Kier molecular flexibility index (Phi) is 3.60. The van der Waals surface area contributed by atoms with E-state index in [0.29, 0.717) is 12.0 Å². The van der Waals surface area contributed by atoms with Gasteiger partial charge in [-0.3, -0.25) is 0 Å². The van der Waals surface area contributed by atoms with Crippen LogP contribution in [-0.2, 0) is 12.6 Å². The highest BCUT2D eigenvalue weighted by atomic mass is 19.4. The van der Waals surface area contributed by atoms with E-state index in [0.717, 1.165) is 12.1 Å². The lowest BCUT2D eigenvalue weighted by Crippen LogP contribution is -2.06. The highest BCUT2D eigenvalue weighted by Gasteiger charge is 2.31. The molecule has 0 spiro atoms. The number of aryl methyl sites for hydroxylation is 1. The van der Waals surface area contributed by atoms with Crippen molar-refractivity contribution in [3.63, 3.8) is 0 Å². The molecule has 0 atom stereocenters. The lowest BCUT2D eigenvalue weighted by molar-refractivity contribution is -0.137. The zero-order valence-corrected chi connectivity index (χ0v) is 10.3. The molecule has 0 bridgehead atoms. The van der Waals surface area contributed by atoms with Crippen LogP contribution in [0.25, 0.3) is 11.1 Å². The molecule has 0 amide bonds. The molecular weight excluding hydrogens is 256 g/mol. The fourth-order valence-electron chi connectivity index (χ4n) is 1.91. The first kappa shape index (κ1) is 13.6. The zero-order valence-electron chi connectivity index (χ0n) is 10.3. The van der Waals surface area contributed by atoms with Crippen molar-refractivity contribution in [2.75, 3.05) is 0 Å². The van der Waals surface area contributed by atoms with Crippen LogP contribution in [0.5, 0.6) is 0 Å². The van der Waals surface area contributed by atoms with Gasteiger partial charge in [0.15, 0.2) is 0 Å². The first-order chi connectivity index (χ1) is 8.91. The Bertz CT molecular complexity index is 585. The van der Waals surface area contributed by atoms with Crippen LogP contribution in [0.3, 0.4) is 0 Å². The third kappa shape index (κ3) is 2.95. The van der Waals surface area contributed by atoms with Crippen molar-refractivity contribution in [2.45, 2.75) is 19.5 Å². The smallest absolute Gasteiger partial charge is 0.206 e. The fourth-order valence-corrected chi connectivity index (χ4v) is 1.91. The Morgan fingerprint density at radius 3 is 2.26 bits per heavy atom. The minimum absolute atomic E-state index is 0.184. The van der Waals surface area contributed by atoms with Gasteiger partial charge in [-0.25, -0.2) is 4.39 Å². The van der Waals surface area contributed by atoms with Gasteiger partial charge in [-0.1, -0.05) is 31.2 Å². The predicted octanol–water partition coefficient (Wildman–Crippen LogP) is 5.07. The summed E-state index contributed by atoms with van der Waals surface area (Å²) in [6, 6.07) is 9.50. The van der Waals surface area contributed by atoms with E-state index in [1.54, 1.807) is 19.1 Å². The van der Waals surface area contributed by atoms with E-state index in [1.807, 2.05) is 0 Å². The molecule has 0 fully saturated rings. The largest absolute Gasteiger partial charge is 0.416 e. The highest BCUT2D eigenvalue weighted by molar-refractivity contribution is 5.66. The average molecular weight is 268 g/mol. The number of alkyl halides is 3. The number of benzene rings is 2. The van der Waals surface area contributed by atoms with Crippen LogP contribution in [0.4, 0.5) is 17.6 Å². The second-order valence-corrected chi connectivity index (χ2v) is 4.25. The third-order valence-corrected chi connectivity index (χ3v) is 2.91. The zero-order chi connectivity index (χ0) is 14.0. The summed E-state index contributed by atoms with van der Waals surface area (Å²) < 4.78 is 52.1. The summed E-state index contributed by atoms with van der Waals surface area (Å²) in [5.74, 6) is -0.524. The Morgan fingerprint density at radius 1 is 1.00 bits per heavy atom. The molecule has 19 heavy (non-hydrogen) atoms. The second-order valence-electron chi connectivity index (χ2n) is 4.25. The van der Waals surface area contributed by atoms with Crippen molar-refractivity contribution >= 4 is 0 Å². The van der Waals surface area contributed by atoms with Crippen molar-refractivity contribution in [1.29, 1.82) is 0 Å². The molecule has 0 radical (unpaired) electrons. The molecule has 0 nitrogen and oxygen atoms in total. The van der Waals surface area contributed by atoms with Crippen LogP contribution in [-0.4, -0.2) is 0 Å². The molecule has 0 unspecified atom stereocenters. The van der Waals surface area contributed by atoms with E-state index in [9.17, 15) is 17.6 Å². The summed E-state index contributed by atoms with van der Waals surface area (Å²) in [6.07, 6.45) is -3.96. The maximum absolute atomic E-state index is 13.7. The van der Waals surface area contributed by atoms with E-state index >= 15 is 0 Å². The summed E-state index contributed by atoms with van der Waals surface area (Å²) in [6.45, 7) is 1.76. The molecule has 0 saturated heterocycles. The first-order valence-corrected chi connectivity index (χ1v) is 5.88. The second kappa shape index (κ2) is 5.03. The van der Waals surface area contributed by atoms with Crippen LogP contribution in [0.1, 0.15) is 18.1 Å². The van der Waals surface area contributed by atoms with Crippen LogP contribution in [0.15, 0.2) is 42.5 Å². The minimum Gasteiger partial charge on any atom is -0.206 e. The molecule has 2 aromatic carbocycles. The van der Waals surface area contributed by atoms with E-state index in [1.165, 1.54) is 18.2 Å². The molecule has 0 aliphatic heterocycles. The Morgan fingerprint density at radius 2 is 1.68 bits per heavy atom. The van der Waals surface area contributed by atoms with Gasteiger partial charge in [-0.15, -0.1) is 0 Å². The molecule has 2 rings (SSSR count). The molecule has 0 saturated carbocycles. The van der Waals surface area contributed by atoms with Crippen molar-refractivity contribution in [3.8, 4) is 11.1 Å². The molecule has 0 aromatic heterocycles. The predicted molar refractivity (Wildman–Crippen MR) is 66.2 cm³/mol. The monoisotopic (exact) mass is 268 g/mol. The molecule has 0 N–H and O–H groups in total. The Balaban J connectivity index is 2.61. The van der Waals surface area contributed by atoms with Gasteiger partial charge in [-0.2, -0.15) is 13.2 Å². The molecule has 4 heteroatoms. The quantitative estimate of drug-likeness (QED) is 0.667. The molecule has 0 aliphatic carbocycles. The van der Waals surface area contributed by atoms with Crippen LogP contribution in [0, 0.1) is 5.82 Å². The fraction of sp³-hybridized carbons (Fsp3) is 0.200. The van der Waals surface area contributed by atoms with Crippen LogP contribution in [0.2, 0.25) is 0 Å². The standard InChI is InChI=1S/C15H12F4/c1-2-10-7-11(9-12(8-10)15(17,18)19)13-5-3-4-6-14(13)16/h3-9H,2H2,1H3. The Hall–Kier alpha value is -1.84. The summed E-state index contributed by atoms with van der Waals surface area (Å²) in [5.41, 5.74) is 0.228. The van der Waals surface area contributed by atoms with E-state index < -0.39 is 17.6 Å². The normalized spacial score (nSPS) is 11.6. The maximum atomic E-state index is 13.7. The van der Waals surface area contributed by atoms with E-state index in [2.05, 4.69) is 0 Å². The molecule has 0 heterocycles. The van der Waals surface area contributed by atoms with Crippen molar-refractivity contribution in [3.05, 3.63) is 59.4 Å². The highest BCUT2D eigenvalue weighted by Crippen LogP contribution is 2.34. The van der Waals surface area contributed by atoms with E-state index in [-0.39, 0.29) is 11.1 Å². The van der Waals surface area contributed by atoms with Gasteiger partial charge in [0.05, 0.1) is 5.56 Å². The van der Waals surface area contributed by atoms with Gasteiger partial charge in [0.25, 0.3) is 0 Å². The number of rotatable bonds is 2. The van der Waals surface area contributed by atoms with Crippen molar-refractivity contribution in [1.82, 2.24) is 0 Å².